The fourth-order valence-corrected chi connectivity index (χ4v) is 3.76. The first-order valence-electron chi connectivity index (χ1n) is 9.85. The van der Waals surface area contributed by atoms with E-state index in [1.165, 1.54) is 0 Å². The number of halogens is 1. The summed E-state index contributed by atoms with van der Waals surface area (Å²) in [6, 6.07) is 14.0. The number of hydrogen-bond acceptors (Lipinski definition) is 3. The summed E-state index contributed by atoms with van der Waals surface area (Å²) in [5.41, 5.74) is 5.52. The molecule has 3 rings (SSSR count). The number of anilines is 1. The summed E-state index contributed by atoms with van der Waals surface area (Å²) >= 11 is 6.11. The smallest absolute Gasteiger partial charge is 0.335 e. The Morgan fingerprint density at radius 3 is 2.47 bits per heavy atom. The molecule has 0 unspecified atom stereocenters. The van der Waals surface area contributed by atoms with Gasteiger partial charge in [-0.15, -0.1) is 0 Å². The van der Waals surface area contributed by atoms with Crippen molar-refractivity contribution in [3.8, 4) is 11.8 Å². The number of amides is 1. The minimum absolute atomic E-state index is 0.0393. The van der Waals surface area contributed by atoms with Gasteiger partial charge in [-0.3, -0.25) is 4.79 Å². The van der Waals surface area contributed by atoms with Crippen LogP contribution in [0.4, 0.5) is 5.69 Å². The zero-order valence-electron chi connectivity index (χ0n) is 18.2. The summed E-state index contributed by atoms with van der Waals surface area (Å²) in [5.74, 6) is -1.51. The molecule has 3 aromatic rings. The van der Waals surface area contributed by atoms with Gasteiger partial charge in [0.25, 0.3) is 5.91 Å². The molecule has 1 heterocycles. The highest BCUT2D eigenvalue weighted by Gasteiger charge is 2.16. The molecule has 0 atom stereocenters. The summed E-state index contributed by atoms with van der Waals surface area (Å²) in [5, 5.41) is 22.1. The molecule has 0 spiro atoms. The van der Waals surface area contributed by atoms with Gasteiger partial charge in [-0.05, 0) is 86.9 Å². The van der Waals surface area contributed by atoms with Gasteiger partial charge >= 0.3 is 5.97 Å². The van der Waals surface area contributed by atoms with Gasteiger partial charge in [0.15, 0.2) is 0 Å². The number of nitrogens with zero attached hydrogens (tertiary/aromatic N) is 2. The molecule has 1 aromatic heterocycles. The lowest BCUT2D eigenvalue weighted by Crippen LogP contribution is -2.14. The van der Waals surface area contributed by atoms with Crippen LogP contribution in [0.2, 0.25) is 5.02 Å². The molecule has 0 aliphatic rings. The van der Waals surface area contributed by atoms with Crippen LogP contribution >= 0.6 is 11.6 Å². The summed E-state index contributed by atoms with van der Waals surface area (Å²) in [4.78, 5) is 24.0. The molecular formula is C25H22ClN3O3. The molecule has 7 heteroatoms. The van der Waals surface area contributed by atoms with E-state index >= 15 is 0 Å². The van der Waals surface area contributed by atoms with Crippen molar-refractivity contribution < 1.29 is 14.7 Å². The maximum atomic E-state index is 12.7. The Balaban J connectivity index is 1.98. The quantitative estimate of drug-likeness (QED) is 0.392. The molecule has 32 heavy (non-hydrogen) atoms. The fraction of sp³-hybridized carbons (Fsp3) is 0.160. The number of nitriles is 1. The molecule has 162 valence electrons. The second kappa shape index (κ2) is 9.13. The molecule has 2 N–H and O–H groups in total. The second-order valence-corrected chi connectivity index (χ2v) is 7.91. The van der Waals surface area contributed by atoms with Crippen LogP contribution in [0.15, 0.2) is 48.0 Å². The highest BCUT2D eigenvalue weighted by molar-refractivity contribution is 6.31. The number of aryl methyl sites for hydroxylation is 2. The van der Waals surface area contributed by atoms with Gasteiger partial charge < -0.3 is 15.0 Å². The first-order valence-corrected chi connectivity index (χ1v) is 10.2. The van der Waals surface area contributed by atoms with Crippen molar-refractivity contribution in [2.24, 2.45) is 0 Å². The van der Waals surface area contributed by atoms with Gasteiger partial charge in [-0.1, -0.05) is 17.7 Å². The van der Waals surface area contributed by atoms with Gasteiger partial charge in [-0.25, -0.2) is 4.79 Å². The van der Waals surface area contributed by atoms with Crippen LogP contribution in [0.3, 0.4) is 0 Å². The van der Waals surface area contributed by atoms with Crippen molar-refractivity contribution >= 4 is 35.2 Å². The Morgan fingerprint density at radius 2 is 1.84 bits per heavy atom. The standard InChI is InChI=1S/C25H22ClN3O3/c1-14-10-18(25(31)32)8-9-23(14)29-15(2)11-19(17(29)4)12-20(13-27)24(30)28-22-7-5-6-21(26)16(22)3/h5-12H,1-4H3,(H,28,30)(H,31,32)/b20-12-. The topological polar surface area (TPSA) is 95.1 Å². The Labute approximate surface area is 191 Å². The number of benzene rings is 2. The average molecular weight is 448 g/mol. The predicted octanol–water partition coefficient (Wildman–Crippen LogP) is 5.61. The van der Waals surface area contributed by atoms with Crippen LogP contribution in [0, 0.1) is 39.0 Å². The third-order valence-electron chi connectivity index (χ3n) is 5.34. The predicted molar refractivity (Wildman–Crippen MR) is 125 cm³/mol. The van der Waals surface area contributed by atoms with Crippen molar-refractivity contribution in [2.75, 3.05) is 5.32 Å². The van der Waals surface area contributed by atoms with E-state index in [9.17, 15) is 20.0 Å². The molecular weight excluding hydrogens is 426 g/mol. The number of carboxylic acid groups (broad SMARTS) is 1. The van der Waals surface area contributed by atoms with Crippen molar-refractivity contribution in [3.63, 3.8) is 0 Å². The van der Waals surface area contributed by atoms with E-state index in [0.717, 1.165) is 33.8 Å². The minimum Gasteiger partial charge on any atom is -0.478 e. The normalized spacial score (nSPS) is 11.2. The van der Waals surface area contributed by atoms with Crippen molar-refractivity contribution in [2.45, 2.75) is 27.7 Å². The Bertz CT molecular complexity index is 1310. The summed E-state index contributed by atoms with van der Waals surface area (Å²) in [6.45, 7) is 7.44. The first-order chi connectivity index (χ1) is 15.1. The van der Waals surface area contributed by atoms with Gasteiger partial charge in [0.2, 0.25) is 0 Å². The van der Waals surface area contributed by atoms with Crippen LogP contribution in [0.5, 0.6) is 0 Å². The number of rotatable bonds is 5. The lowest BCUT2D eigenvalue weighted by molar-refractivity contribution is -0.112. The van der Waals surface area contributed by atoms with E-state index in [1.54, 1.807) is 49.4 Å². The molecule has 0 saturated heterocycles. The maximum Gasteiger partial charge on any atom is 0.335 e. The number of hydrogen-bond donors (Lipinski definition) is 2. The molecule has 0 aliphatic carbocycles. The zero-order valence-corrected chi connectivity index (χ0v) is 18.9. The first kappa shape index (κ1) is 22.9. The highest BCUT2D eigenvalue weighted by Crippen LogP contribution is 2.27. The summed E-state index contributed by atoms with van der Waals surface area (Å²) in [7, 11) is 0. The number of aromatic nitrogens is 1. The summed E-state index contributed by atoms with van der Waals surface area (Å²) in [6.07, 6.45) is 1.55. The number of nitrogens with one attached hydrogen (secondary N) is 1. The Morgan fingerprint density at radius 1 is 1.12 bits per heavy atom. The van der Waals surface area contributed by atoms with Gasteiger partial charge in [0, 0.05) is 27.8 Å². The SMILES string of the molecule is Cc1cc(C(=O)O)ccc1-n1c(C)cc(/C=C(/C#N)C(=O)Nc2cccc(Cl)c2C)c1C. The van der Waals surface area contributed by atoms with E-state index in [4.69, 9.17) is 11.6 Å². The molecule has 1 amide bonds. The maximum absolute atomic E-state index is 12.7. The lowest BCUT2D eigenvalue weighted by Gasteiger charge is -2.13. The van der Waals surface area contributed by atoms with Crippen LogP contribution in [0.25, 0.3) is 11.8 Å². The van der Waals surface area contributed by atoms with Crippen molar-refractivity contribution in [1.82, 2.24) is 4.57 Å². The molecule has 0 saturated carbocycles. The largest absolute Gasteiger partial charge is 0.478 e. The highest BCUT2D eigenvalue weighted by atomic mass is 35.5. The average Bonchev–Trinajstić information content (AvgIpc) is 3.02. The van der Waals surface area contributed by atoms with Gasteiger partial charge in [0.05, 0.1) is 5.56 Å². The third kappa shape index (κ3) is 4.43. The zero-order chi connectivity index (χ0) is 23.6. The number of aromatic carboxylic acids is 1. The lowest BCUT2D eigenvalue weighted by atomic mass is 10.1. The van der Waals surface area contributed by atoms with E-state index in [2.05, 4.69) is 5.32 Å². The van der Waals surface area contributed by atoms with Crippen LogP contribution in [-0.4, -0.2) is 21.6 Å². The van der Waals surface area contributed by atoms with E-state index in [-0.39, 0.29) is 11.1 Å². The number of carbonyl (C=O) groups is 2. The number of carbonyl (C=O) groups excluding carboxylic acids is 1. The molecule has 2 aromatic carbocycles. The van der Waals surface area contributed by atoms with Crippen LogP contribution in [-0.2, 0) is 4.79 Å². The van der Waals surface area contributed by atoms with Crippen LogP contribution < -0.4 is 5.32 Å². The molecule has 0 radical (unpaired) electrons. The molecule has 6 nitrogen and oxygen atoms in total. The molecule has 0 aliphatic heterocycles. The van der Waals surface area contributed by atoms with E-state index in [0.29, 0.717) is 10.7 Å². The van der Waals surface area contributed by atoms with Crippen LogP contribution in [0.1, 0.15) is 38.4 Å². The van der Waals surface area contributed by atoms with Gasteiger partial charge in [0.1, 0.15) is 11.6 Å². The van der Waals surface area contributed by atoms with E-state index in [1.807, 2.05) is 37.5 Å². The molecule has 0 bridgehead atoms. The monoisotopic (exact) mass is 447 g/mol. The Kier molecular flexibility index (Phi) is 6.52. The molecule has 0 fully saturated rings. The Hall–Kier alpha value is -3.82. The second-order valence-electron chi connectivity index (χ2n) is 7.50. The minimum atomic E-state index is -0.983. The number of carboxylic acids is 1. The van der Waals surface area contributed by atoms with Crippen molar-refractivity contribution in [3.05, 3.63) is 86.7 Å². The van der Waals surface area contributed by atoms with Gasteiger partial charge in [-0.2, -0.15) is 5.26 Å². The summed E-state index contributed by atoms with van der Waals surface area (Å²) < 4.78 is 1.97. The third-order valence-corrected chi connectivity index (χ3v) is 5.75. The van der Waals surface area contributed by atoms with E-state index < -0.39 is 11.9 Å². The fourth-order valence-electron chi connectivity index (χ4n) is 3.58. The van der Waals surface area contributed by atoms with Crippen molar-refractivity contribution in [1.29, 1.82) is 5.26 Å².